The Morgan fingerprint density at radius 2 is 1.19 bits per heavy atom. The number of rotatable bonds is 6. The summed E-state index contributed by atoms with van der Waals surface area (Å²) in [7, 11) is 0. The summed E-state index contributed by atoms with van der Waals surface area (Å²) in [5.74, 6) is 1.14. The van der Waals surface area contributed by atoms with Crippen LogP contribution < -0.4 is 0 Å². The quantitative estimate of drug-likeness (QED) is 0.120. The van der Waals surface area contributed by atoms with E-state index in [1.165, 1.54) is 107 Å². The lowest BCUT2D eigenvalue weighted by Gasteiger charge is -2.46. The van der Waals surface area contributed by atoms with E-state index < -0.39 is 0 Å². The molecule has 0 radical (unpaired) electrons. The van der Waals surface area contributed by atoms with Crippen molar-refractivity contribution in [2.45, 2.75) is 63.7 Å². The summed E-state index contributed by atoms with van der Waals surface area (Å²) >= 11 is 0. The van der Waals surface area contributed by atoms with Crippen molar-refractivity contribution in [1.29, 1.82) is 0 Å². The van der Waals surface area contributed by atoms with Crippen molar-refractivity contribution >= 4 is 21.9 Å². The molecule has 4 atom stereocenters. The standard InChI is InChI=1S/C62H52O/c1-6-40-35-38(2)62(39(3)36-40)52-26-11-8-20-47(52)58-45(22-14-28-54(58)62)42-33-31-41(32-34-42)43-17-13-18-44(37-43)57(50-24-16-30-56-60(50)48-21-9-12-29-55(48)63-56)49-23-15-27-53-59(49)46-19-7-10-25-51(46)61(53,4)5/h7-34,37,39-40,57H,2,6,35-36H2,1,3-5H3. The molecule has 4 unspecified atom stereocenters. The van der Waals surface area contributed by atoms with Crippen molar-refractivity contribution < 1.29 is 4.42 Å². The van der Waals surface area contributed by atoms with E-state index in [-0.39, 0.29) is 16.7 Å². The molecule has 0 amide bonds. The van der Waals surface area contributed by atoms with Gasteiger partial charge in [0.1, 0.15) is 11.2 Å². The SMILES string of the molecule is C=C1CC(CC)CC(C)C12c1ccccc1-c1c(-c3ccc(-c4cccc(C(c5cccc6c5-c5ccccc5C6(C)C)c5cccc6oc7ccccc7c56)c4)cc3)cccc12. The average molecular weight is 813 g/mol. The minimum absolute atomic E-state index is 0.0466. The first-order valence-electron chi connectivity index (χ1n) is 23.0. The Hall–Kier alpha value is -6.70. The second-order valence-corrected chi connectivity index (χ2v) is 19.2. The van der Waals surface area contributed by atoms with E-state index in [0.29, 0.717) is 11.8 Å². The maximum atomic E-state index is 6.53. The Balaban J connectivity index is 0.995. The number of fused-ring (bicyclic) bond motifs is 11. The molecule has 1 nitrogen and oxygen atoms in total. The lowest BCUT2D eigenvalue weighted by molar-refractivity contribution is 0.248. The minimum atomic E-state index is -0.145. The van der Waals surface area contributed by atoms with Crippen LogP contribution in [0, 0.1) is 11.8 Å². The zero-order valence-corrected chi connectivity index (χ0v) is 36.7. The third kappa shape index (κ3) is 5.42. The van der Waals surface area contributed by atoms with Crippen molar-refractivity contribution in [1.82, 2.24) is 0 Å². The molecule has 1 fully saturated rings. The van der Waals surface area contributed by atoms with Gasteiger partial charge in [0.25, 0.3) is 0 Å². The van der Waals surface area contributed by atoms with Crippen molar-refractivity contribution in [3.8, 4) is 44.5 Å². The molecule has 1 heteroatoms. The lowest BCUT2D eigenvalue weighted by atomic mass is 9.57. The summed E-state index contributed by atoms with van der Waals surface area (Å²) in [5.41, 5.74) is 22.9. The summed E-state index contributed by atoms with van der Waals surface area (Å²) in [6.07, 6.45) is 3.54. The number of para-hydroxylation sites is 1. The number of benzene rings is 8. The Morgan fingerprint density at radius 3 is 2.00 bits per heavy atom. The van der Waals surface area contributed by atoms with Crippen LogP contribution in [-0.2, 0) is 10.8 Å². The summed E-state index contributed by atoms with van der Waals surface area (Å²) < 4.78 is 6.53. The molecule has 0 N–H and O–H groups in total. The first-order valence-corrected chi connectivity index (χ1v) is 23.0. The second-order valence-electron chi connectivity index (χ2n) is 19.2. The first-order chi connectivity index (χ1) is 30.8. The molecule has 1 spiro atoms. The van der Waals surface area contributed by atoms with Crippen LogP contribution in [-0.4, -0.2) is 0 Å². The van der Waals surface area contributed by atoms with Crippen LogP contribution >= 0.6 is 0 Å². The summed E-state index contributed by atoms with van der Waals surface area (Å²) in [6, 6.07) is 66.0. The highest BCUT2D eigenvalue weighted by molar-refractivity contribution is 6.07. The highest BCUT2D eigenvalue weighted by atomic mass is 16.3. The summed E-state index contributed by atoms with van der Waals surface area (Å²) in [5, 5.41) is 2.34. The maximum Gasteiger partial charge on any atom is 0.135 e. The molecule has 0 saturated heterocycles. The highest BCUT2D eigenvalue weighted by Crippen LogP contribution is 2.62. The molecular formula is C62H52O. The van der Waals surface area contributed by atoms with E-state index in [2.05, 4.69) is 204 Å². The van der Waals surface area contributed by atoms with Gasteiger partial charge in [-0.1, -0.05) is 210 Å². The van der Waals surface area contributed by atoms with Gasteiger partial charge < -0.3 is 4.42 Å². The molecule has 306 valence electrons. The van der Waals surface area contributed by atoms with Crippen LogP contribution in [0.3, 0.4) is 0 Å². The van der Waals surface area contributed by atoms with Gasteiger partial charge in [-0.25, -0.2) is 0 Å². The molecule has 9 aromatic rings. The van der Waals surface area contributed by atoms with Gasteiger partial charge >= 0.3 is 0 Å². The predicted octanol–water partition coefficient (Wildman–Crippen LogP) is 16.7. The molecule has 12 rings (SSSR count). The van der Waals surface area contributed by atoms with Crippen molar-refractivity contribution in [2.75, 3.05) is 0 Å². The maximum absolute atomic E-state index is 6.53. The van der Waals surface area contributed by atoms with E-state index in [1.807, 2.05) is 0 Å². The molecule has 1 aromatic heterocycles. The summed E-state index contributed by atoms with van der Waals surface area (Å²) in [6.45, 7) is 14.4. The Labute approximate surface area is 371 Å². The van der Waals surface area contributed by atoms with E-state index >= 15 is 0 Å². The van der Waals surface area contributed by atoms with Crippen LogP contribution in [0.25, 0.3) is 66.4 Å². The fourth-order valence-corrected chi connectivity index (χ4v) is 12.8. The van der Waals surface area contributed by atoms with Crippen molar-refractivity contribution in [2.24, 2.45) is 11.8 Å². The number of furan rings is 1. The average Bonchev–Trinajstić information content (AvgIpc) is 3.93. The topological polar surface area (TPSA) is 13.1 Å². The van der Waals surface area contributed by atoms with Crippen molar-refractivity contribution in [3.05, 3.63) is 227 Å². The molecule has 8 aromatic carbocycles. The zero-order chi connectivity index (χ0) is 42.6. The highest BCUT2D eigenvalue weighted by Gasteiger charge is 2.52. The third-order valence-electron chi connectivity index (χ3n) is 15.7. The Morgan fingerprint density at radius 1 is 0.571 bits per heavy atom. The van der Waals surface area contributed by atoms with Crippen LogP contribution in [0.5, 0.6) is 0 Å². The number of hydrogen-bond acceptors (Lipinski definition) is 1. The predicted molar refractivity (Wildman–Crippen MR) is 264 cm³/mol. The minimum Gasteiger partial charge on any atom is -0.456 e. The number of hydrogen-bond donors (Lipinski definition) is 0. The van der Waals surface area contributed by atoms with E-state index in [0.717, 1.165) is 23.0 Å². The van der Waals surface area contributed by atoms with Gasteiger partial charge in [0, 0.05) is 27.5 Å². The van der Waals surface area contributed by atoms with Crippen molar-refractivity contribution in [3.63, 3.8) is 0 Å². The summed E-state index contributed by atoms with van der Waals surface area (Å²) in [4.78, 5) is 0. The molecular weight excluding hydrogens is 761 g/mol. The van der Waals surface area contributed by atoms with E-state index in [1.54, 1.807) is 0 Å². The molecule has 1 heterocycles. The normalized spacial score (nSPS) is 19.8. The fraction of sp³-hybridized carbons (Fsp3) is 0.194. The van der Waals surface area contributed by atoms with Gasteiger partial charge in [-0.05, 0) is 120 Å². The molecule has 3 aliphatic rings. The monoisotopic (exact) mass is 812 g/mol. The van der Waals surface area contributed by atoms with Gasteiger partial charge in [-0.3, -0.25) is 0 Å². The second kappa shape index (κ2) is 14.2. The Kier molecular flexibility index (Phi) is 8.55. The van der Waals surface area contributed by atoms with Gasteiger partial charge in [0.15, 0.2) is 0 Å². The first kappa shape index (κ1) is 38.0. The molecule has 3 aliphatic carbocycles. The van der Waals surface area contributed by atoms with Crippen LogP contribution in [0.2, 0.25) is 0 Å². The van der Waals surface area contributed by atoms with Gasteiger partial charge in [-0.2, -0.15) is 0 Å². The fourth-order valence-electron chi connectivity index (χ4n) is 12.8. The van der Waals surface area contributed by atoms with Crippen LogP contribution in [0.4, 0.5) is 0 Å². The van der Waals surface area contributed by atoms with E-state index in [4.69, 9.17) is 11.0 Å². The smallest absolute Gasteiger partial charge is 0.135 e. The number of allylic oxidation sites excluding steroid dienone is 1. The van der Waals surface area contributed by atoms with Gasteiger partial charge in [0.2, 0.25) is 0 Å². The molecule has 0 bridgehead atoms. The van der Waals surface area contributed by atoms with Gasteiger partial charge in [-0.15, -0.1) is 0 Å². The van der Waals surface area contributed by atoms with Crippen LogP contribution in [0.15, 0.2) is 192 Å². The molecule has 0 aliphatic heterocycles. The Bertz CT molecular complexity index is 3300. The lowest BCUT2D eigenvalue weighted by Crippen LogP contribution is -2.40. The zero-order valence-electron chi connectivity index (χ0n) is 36.7. The largest absolute Gasteiger partial charge is 0.456 e. The third-order valence-corrected chi connectivity index (χ3v) is 15.7. The van der Waals surface area contributed by atoms with Gasteiger partial charge in [0.05, 0.1) is 0 Å². The molecule has 1 saturated carbocycles. The molecule has 63 heavy (non-hydrogen) atoms. The van der Waals surface area contributed by atoms with E-state index in [9.17, 15) is 0 Å². The van der Waals surface area contributed by atoms with Crippen LogP contribution in [0.1, 0.15) is 91.8 Å².